The van der Waals surface area contributed by atoms with Gasteiger partial charge in [-0.1, -0.05) is 0 Å². The van der Waals surface area contributed by atoms with Gasteiger partial charge in [0.25, 0.3) is 0 Å². The number of alkyl halides is 3. The number of amides is 2. The Morgan fingerprint density at radius 1 is 0.926 bits per heavy atom. The molecule has 0 aromatic rings. The van der Waals surface area contributed by atoms with Crippen LogP contribution in [-0.4, -0.2) is 83.3 Å². The zero-order valence-electron chi connectivity index (χ0n) is 14.3. The molecule has 0 aliphatic carbocycles. The third-order valence-electron chi connectivity index (χ3n) is 4.45. The third-order valence-corrected chi connectivity index (χ3v) is 11.7. The van der Waals surface area contributed by atoms with Crippen LogP contribution in [0.4, 0.5) is 13.2 Å². The monoisotopic (exact) mass is 451 g/mol. The largest absolute Gasteiger partial charge is 0.511 e. The van der Waals surface area contributed by atoms with Crippen molar-refractivity contribution in [3.8, 4) is 0 Å². The highest BCUT2D eigenvalue weighted by atomic mass is 33.4. The molecule has 1 unspecified atom stereocenters. The van der Waals surface area contributed by atoms with E-state index >= 15 is 0 Å². The van der Waals surface area contributed by atoms with Crippen molar-refractivity contribution in [1.82, 2.24) is 14.1 Å². The molecule has 27 heavy (non-hydrogen) atoms. The lowest BCUT2D eigenvalue weighted by Gasteiger charge is -2.35. The topological polar surface area (TPSA) is 95.1 Å². The lowest BCUT2D eigenvalue weighted by atomic mass is 10.1. The van der Waals surface area contributed by atoms with Crippen molar-refractivity contribution in [2.45, 2.75) is 31.2 Å². The molecule has 2 fully saturated rings. The highest BCUT2D eigenvalue weighted by molar-refractivity contribution is 8.81. The van der Waals surface area contributed by atoms with E-state index in [0.717, 1.165) is 0 Å². The summed E-state index contributed by atoms with van der Waals surface area (Å²) < 4.78 is 73.6. The van der Waals surface area contributed by atoms with Crippen LogP contribution in [0, 0.1) is 0 Å². The number of rotatable bonds is 6. The minimum Gasteiger partial charge on any atom is -0.301 e. The fourth-order valence-electron chi connectivity index (χ4n) is 2.94. The fraction of sp³-hybridized carbons (Fsp3) is 0.846. The van der Waals surface area contributed by atoms with Gasteiger partial charge in [-0.15, -0.1) is 0 Å². The molecule has 156 valence electrons. The molecule has 0 bridgehead atoms. The number of piperidine rings is 1. The zero-order valence-corrected chi connectivity index (χ0v) is 16.8. The SMILES string of the molecule is O=C1CCCC(=O)N1CCCN1CCN(S(=O)(=S)S(=O)(=O)C(F)(F)F)CC1. The average molecular weight is 452 g/mol. The van der Waals surface area contributed by atoms with E-state index < -0.39 is 22.1 Å². The van der Waals surface area contributed by atoms with E-state index in [1.807, 2.05) is 4.90 Å². The van der Waals surface area contributed by atoms with Gasteiger partial charge >= 0.3 is 14.4 Å². The average Bonchev–Trinajstić information content (AvgIpc) is 2.57. The smallest absolute Gasteiger partial charge is 0.301 e. The van der Waals surface area contributed by atoms with Crippen LogP contribution in [0.15, 0.2) is 0 Å². The van der Waals surface area contributed by atoms with Crippen LogP contribution in [0.25, 0.3) is 0 Å². The molecule has 2 heterocycles. The van der Waals surface area contributed by atoms with Gasteiger partial charge in [0.2, 0.25) is 19.5 Å². The predicted molar refractivity (Wildman–Crippen MR) is 93.7 cm³/mol. The second-order valence-corrected chi connectivity index (χ2v) is 13.6. The second kappa shape index (κ2) is 8.27. The number of carbonyl (C=O) groups is 2. The Morgan fingerprint density at radius 2 is 1.44 bits per heavy atom. The van der Waals surface area contributed by atoms with Crippen molar-refractivity contribution in [2.75, 3.05) is 39.3 Å². The first-order valence-electron chi connectivity index (χ1n) is 8.25. The van der Waals surface area contributed by atoms with E-state index in [1.165, 1.54) is 4.90 Å². The van der Waals surface area contributed by atoms with Crippen molar-refractivity contribution in [3.63, 3.8) is 0 Å². The number of nitrogens with zero attached hydrogens (tertiary/aromatic N) is 3. The summed E-state index contributed by atoms with van der Waals surface area (Å²) >= 11 is 4.33. The molecule has 0 aromatic heterocycles. The van der Waals surface area contributed by atoms with Crippen LogP contribution >= 0.6 is 0 Å². The molecule has 14 heteroatoms. The molecule has 0 aromatic carbocycles. The van der Waals surface area contributed by atoms with Crippen LogP contribution in [-0.2, 0) is 37.4 Å². The van der Waals surface area contributed by atoms with Crippen molar-refractivity contribution < 1.29 is 35.4 Å². The summed E-state index contributed by atoms with van der Waals surface area (Å²) in [5, 5.41) is 0. The lowest BCUT2D eigenvalue weighted by molar-refractivity contribution is -0.148. The molecular weight excluding hydrogens is 431 g/mol. The van der Waals surface area contributed by atoms with Crippen molar-refractivity contribution in [2.24, 2.45) is 0 Å². The van der Waals surface area contributed by atoms with Crippen LogP contribution < -0.4 is 0 Å². The molecule has 2 amide bonds. The summed E-state index contributed by atoms with van der Waals surface area (Å²) in [6.07, 6.45) is 1.72. The maximum absolute atomic E-state index is 12.6. The van der Waals surface area contributed by atoms with Gasteiger partial charge in [-0.2, -0.15) is 13.2 Å². The summed E-state index contributed by atoms with van der Waals surface area (Å²) in [5.41, 5.74) is -5.67. The molecule has 0 N–H and O–H groups in total. The molecular formula is C13H20F3N3O5S3. The molecule has 8 nitrogen and oxygen atoms in total. The van der Waals surface area contributed by atoms with Gasteiger partial charge in [-0.05, 0) is 19.4 Å². The highest BCUT2D eigenvalue weighted by Gasteiger charge is 2.54. The molecule has 2 aliphatic rings. The van der Waals surface area contributed by atoms with Crippen LogP contribution in [0.5, 0.6) is 0 Å². The number of hydrogen-bond acceptors (Lipinski definition) is 7. The first-order valence-corrected chi connectivity index (χ1v) is 12.7. The van der Waals surface area contributed by atoms with Gasteiger partial charge in [-0.25, -0.2) is 16.9 Å². The van der Waals surface area contributed by atoms with Crippen LogP contribution in [0.1, 0.15) is 25.7 Å². The number of piperazine rings is 1. The summed E-state index contributed by atoms with van der Waals surface area (Å²) in [6, 6.07) is 0. The third kappa shape index (κ3) is 4.78. The number of carbonyl (C=O) groups excluding carboxylic acids is 2. The molecule has 2 saturated heterocycles. The van der Waals surface area contributed by atoms with Gasteiger partial charge in [-0.3, -0.25) is 14.5 Å². The Kier molecular flexibility index (Phi) is 6.88. The van der Waals surface area contributed by atoms with Gasteiger partial charge in [0.1, 0.15) is 0 Å². The van der Waals surface area contributed by atoms with Crippen molar-refractivity contribution in [1.29, 1.82) is 0 Å². The summed E-state index contributed by atoms with van der Waals surface area (Å²) in [7, 11) is -10.7. The molecule has 0 saturated carbocycles. The lowest BCUT2D eigenvalue weighted by Crippen LogP contribution is -2.52. The van der Waals surface area contributed by atoms with E-state index in [4.69, 9.17) is 0 Å². The standard InChI is InChI=1S/C13H20F3N3O5S3/c14-13(15,16)26(22,23)27(24,25)18-9-7-17(8-10-18)5-2-6-19-11(20)3-1-4-12(19)21/h1-10H2. The van der Waals surface area contributed by atoms with Crippen molar-refractivity contribution in [3.05, 3.63) is 0 Å². The number of hydrogen-bond donors (Lipinski definition) is 0. The maximum atomic E-state index is 12.6. The van der Waals surface area contributed by atoms with Gasteiger partial charge in [0.15, 0.2) is 0 Å². The minimum atomic E-state index is -5.97. The van der Waals surface area contributed by atoms with Crippen LogP contribution in [0.3, 0.4) is 0 Å². The zero-order chi connectivity index (χ0) is 20.5. The Labute approximate surface area is 159 Å². The number of imide groups is 1. The Bertz CT molecular complexity index is 774. The van der Waals surface area contributed by atoms with E-state index in [-0.39, 0.29) is 44.5 Å². The Hall–Kier alpha value is -0.830. The van der Waals surface area contributed by atoms with E-state index in [0.29, 0.717) is 36.5 Å². The van der Waals surface area contributed by atoms with Gasteiger partial charge in [0.05, 0.1) is 0 Å². The highest BCUT2D eigenvalue weighted by Crippen LogP contribution is 2.31. The summed E-state index contributed by atoms with van der Waals surface area (Å²) in [6.45, 7) is 0.734. The number of likely N-dealkylation sites (tertiary alicyclic amines) is 1. The molecule has 2 aliphatic heterocycles. The predicted octanol–water partition coefficient (Wildman–Crippen LogP) is 0.0441. The number of halogens is 3. The Balaban J connectivity index is 1.85. The summed E-state index contributed by atoms with van der Waals surface area (Å²) in [4.78, 5) is 26.5. The Morgan fingerprint density at radius 3 is 1.93 bits per heavy atom. The van der Waals surface area contributed by atoms with Gasteiger partial charge < -0.3 is 4.90 Å². The first-order chi connectivity index (χ1) is 12.4. The fourth-order valence-corrected chi connectivity index (χ4v) is 7.20. The molecule has 1 atom stereocenters. The van der Waals surface area contributed by atoms with E-state index in [1.54, 1.807) is 0 Å². The first kappa shape index (κ1) is 22.5. The maximum Gasteiger partial charge on any atom is 0.511 e. The quantitative estimate of drug-likeness (QED) is 0.416. The normalized spacial score (nSPS) is 23.4. The molecule has 0 radical (unpaired) electrons. The van der Waals surface area contributed by atoms with E-state index in [9.17, 15) is 35.4 Å². The van der Waals surface area contributed by atoms with E-state index in [2.05, 4.69) is 11.2 Å². The summed E-state index contributed by atoms with van der Waals surface area (Å²) in [5.74, 6) is -0.418. The van der Waals surface area contributed by atoms with Gasteiger partial charge in [0, 0.05) is 56.8 Å². The second-order valence-electron chi connectivity index (χ2n) is 6.24. The molecule has 2 rings (SSSR count). The van der Waals surface area contributed by atoms with Crippen molar-refractivity contribution >= 4 is 39.6 Å². The molecule has 0 spiro atoms. The minimum absolute atomic E-state index is 0.181. The van der Waals surface area contributed by atoms with Crippen LogP contribution in [0.2, 0.25) is 0 Å².